The summed E-state index contributed by atoms with van der Waals surface area (Å²) < 4.78 is 5.49. The average molecular weight is 384 g/mol. The van der Waals surface area contributed by atoms with Gasteiger partial charge in [0.15, 0.2) is 0 Å². The summed E-state index contributed by atoms with van der Waals surface area (Å²) in [5.41, 5.74) is 7.60. The van der Waals surface area contributed by atoms with E-state index >= 15 is 0 Å². The van der Waals surface area contributed by atoms with Crippen molar-refractivity contribution in [1.82, 2.24) is 0 Å². The molecule has 2 aromatic carbocycles. The van der Waals surface area contributed by atoms with E-state index in [0.29, 0.717) is 35.5 Å². The second kappa shape index (κ2) is 11.1. The first-order valence-corrected chi connectivity index (χ1v) is 9.35. The summed E-state index contributed by atoms with van der Waals surface area (Å²) >= 11 is 0. The Bertz CT molecular complexity index is 792. The molecule has 0 aliphatic carbocycles. The zero-order chi connectivity index (χ0) is 20.4. The molecule has 6 heteroatoms. The minimum Gasteiger partial charge on any atom is -0.491 e. The Morgan fingerprint density at radius 2 is 1.93 bits per heavy atom. The number of rotatable bonds is 10. The maximum absolute atomic E-state index is 12.0. The molecule has 0 saturated heterocycles. The molecule has 2 atom stereocenters. The van der Waals surface area contributed by atoms with Crippen LogP contribution in [-0.4, -0.2) is 29.3 Å². The van der Waals surface area contributed by atoms with E-state index in [1.807, 2.05) is 25.1 Å². The molecule has 0 aromatic heterocycles. The summed E-state index contributed by atoms with van der Waals surface area (Å²) in [6, 6.07) is 14.4. The number of carbonyl (C=O) groups is 1. The van der Waals surface area contributed by atoms with Crippen LogP contribution in [-0.2, 0) is 4.79 Å². The summed E-state index contributed by atoms with van der Waals surface area (Å²) in [5, 5.41) is 22.3. The number of aliphatic hydroxyl groups is 2. The summed E-state index contributed by atoms with van der Waals surface area (Å²) in [4.78, 5) is 12.0. The maximum atomic E-state index is 12.0. The van der Waals surface area contributed by atoms with Gasteiger partial charge in [0.25, 0.3) is 0 Å². The first-order chi connectivity index (χ1) is 13.5. The summed E-state index contributed by atoms with van der Waals surface area (Å²) in [6.07, 6.45) is 3.92. The smallest absolute Gasteiger partial charge is 0.248 e. The molecule has 0 aliphatic heterocycles. The quantitative estimate of drug-likeness (QED) is 0.372. The number of aliphatic hydroxyl groups excluding tert-OH is 2. The number of para-hydroxylation sites is 3. The van der Waals surface area contributed by atoms with Gasteiger partial charge in [-0.25, -0.2) is 0 Å². The van der Waals surface area contributed by atoms with Crippen molar-refractivity contribution < 1.29 is 19.7 Å². The Hall–Kier alpha value is -2.83. The number of ether oxygens (including phenoxy) is 1. The molecule has 150 valence electrons. The molecule has 5 N–H and O–H groups in total. The average Bonchev–Trinajstić information content (AvgIpc) is 2.71. The SMILES string of the molecule is C[C@@H](CC/C=C/C(=O)Nc1ccccc1N)[C@@H](O)c1ccccc1OCCO. The minimum absolute atomic E-state index is 0.0312. The van der Waals surface area contributed by atoms with Crippen LogP contribution in [0.5, 0.6) is 5.75 Å². The van der Waals surface area contributed by atoms with E-state index in [2.05, 4.69) is 5.32 Å². The number of nitrogen functional groups attached to an aromatic ring is 1. The number of benzene rings is 2. The van der Waals surface area contributed by atoms with Crippen molar-refractivity contribution in [2.75, 3.05) is 24.3 Å². The third-order valence-corrected chi connectivity index (χ3v) is 4.40. The number of carbonyl (C=O) groups excluding carboxylic acids is 1. The number of amides is 1. The summed E-state index contributed by atoms with van der Waals surface area (Å²) in [7, 11) is 0. The molecule has 28 heavy (non-hydrogen) atoms. The van der Waals surface area contributed by atoms with E-state index in [9.17, 15) is 9.90 Å². The van der Waals surface area contributed by atoms with Crippen LogP contribution in [0.15, 0.2) is 60.7 Å². The first-order valence-electron chi connectivity index (χ1n) is 9.35. The highest BCUT2D eigenvalue weighted by Gasteiger charge is 2.19. The van der Waals surface area contributed by atoms with Crippen LogP contribution in [0.2, 0.25) is 0 Å². The standard InChI is InChI=1S/C22H28N2O4/c1-16(22(27)17-9-3-6-12-20(17)28-15-14-25)8-2-7-13-21(26)24-19-11-5-4-10-18(19)23/h3-7,9-13,16,22,25,27H,2,8,14-15,23H2,1H3,(H,24,26)/b13-7+/t16-,22+/m0/s1. The van der Waals surface area contributed by atoms with Crippen LogP contribution >= 0.6 is 0 Å². The summed E-state index contributed by atoms with van der Waals surface area (Å²) in [6.45, 7) is 2.05. The molecule has 1 amide bonds. The van der Waals surface area contributed by atoms with Crippen LogP contribution < -0.4 is 15.8 Å². The van der Waals surface area contributed by atoms with E-state index in [1.165, 1.54) is 6.08 Å². The van der Waals surface area contributed by atoms with Gasteiger partial charge in [0, 0.05) is 5.56 Å². The number of nitrogens with one attached hydrogen (secondary N) is 1. The van der Waals surface area contributed by atoms with E-state index in [0.717, 1.165) is 0 Å². The molecule has 0 spiro atoms. The largest absolute Gasteiger partial charge is 0.491 e. The second-order valence-electron chi connectivity index (χ2n) is 6.59. The van der Waals surface area contributed by atoms with Gasteiger partial charge in [0.2, 0.25) is 5.91 Å². The predicted molar refractivity (Wildman–Crippen MR) is 111 cm³/mol. The third kappa shape index (κ3) is 6.40. The monoisotopic (exact) mass is 384 g/mol. The molecule has 0 radical (unpaired) electrons. The number of hydrogen-bond acceptors (Lipinski definition) is 5. The molecule has 0 heterocycles. The van der Waals surface area contributed by atoms with Crippen molar-refractivity contribution in [1.29, 1.82) is 0 Å². The van der Waals surface area contributed by atoms with Gasteiger partial charge in [0.05, 0.1) is 24.1 Å². The molecule has 0 bridgehead atoms. The Morgan fingerprint density at radius 1 is 1.21 bits per heavy atom. The van der Waals surface area contributed by atoms with Gasteiger partial charge in [-0.05, 0) is 43.0 Å². The van der Waals surface area contributed by atoms with E-state index in [-0.39, 0.29) is 25.0 Å². The Balaban J connectivity index is 1.85. The van der Waals surface area contributed by atoms with Crippen molar-refractivity contribution in [3.8, 4) is 5.75 Å². The van der Waals surface area contributed by atoms with Crippen molar-refractivity contribution >= 4 is 17.3 Å². The van der Waals surface area contributed by atoms with E-state index in [1.54, 1.807) is 36.4 Å². The normalized spacial score (nSPS) is 13.2. The molecule has 0 unspecified atom stereocenters. The Kier molecular flexibility index (Phi) is 8.52. The lowest BCUT2D eigenvalue weighted by atomic mass is 9.92. The van der Waals surface area contributed by atoms with Gasteiger partial charge in [-0.1, -0.05) is 43.3 Å². The van der Waals surface area contributed by atoms with Gasteiger partial charge < -0.3 is 26.0 Å². The topological polar surface area (TPSA) is 105 Å². The lowest BCUT2D eigenvalue weighted by Gasteiger charge is -2.21. The van der Waals surface area contributed by atoms with Crippen LogP contribution in [0.3, 0.4) is 0 Å². The van der Waals surface area contributed by atoms with Crippen molar-refractivity contribution in [3.05, 3.63) is 66.2 Å². The molecule has 0 fully saturated rings. The second-order valence-corrected chi connectivity index (χ2v) is 6.59. The molecule has 6 nitrogen and oxygen atoms in total. The van der Waals surface area contributed by atoms with Crippen molar-refractivity contribution in [3.63, 3.8) is 0 Å². The van der Waals surface area contributed by atoms with Gasteiger partial charge in [-0.2, -0.15) is 0 Å². The predicted octanol–water partition coefficient (Wildman–Crippen LogP) is 3.28. The Labute approximate surface area is 165 Å². The van der Waals surface area contributed by atoms with Crippen molar-refractivity contribution in [2.24, 2.45) is 5.92 Å². The number of hydrogen-bond donors (Lipinski definition) is 4. The van der Waals surface area contributed by atoms with Gasteiger partial charge >= 0.3 is 0 Å². The van der Waals surface area contributed by atoms with Crippen molar-refractivity contribution in [2.45, 2.75) is 25.9 Å². The lowest BCUT2D eigenvalue weighted by molar-refractivity contribution is -0.111. The maximum Gasteiger partial charge on any atom is 0.248 e. The lowest BCUT2D eigenvalue weighted by Crippen LogP contribution is -2.12. The fourth-order valence-electron chi connectivity index (χ4n) is 2.81. The van der Waals surface area contributed by atoms with E-state index < -0.39 is 6.10 Å². The molecule has 2 aromatic rings. The number of allylic oxidation sites excluding steroid dienone is 1. The van der Waals surface area contributed by atoms with Crippen LogP contribution in [0, 0.1) is 5.92 Å². The number of anilines is 2. The zero-order valence-corrected chi connectivity index (χ0v) is 16.0. The fraction of sp³-hybridized carbons (Fsp3) is 0.318. The summed E-state index contributed by atoms with van der Waals surface area (Å²) in [5.74, 6) is 0.302. The van der Waals surface area contributed by atoms with Crippen LogP contribution in [0.1, 0.15) is 31.4 Å². The van der Waals surface area contributed by atoms with Crippen LogP contribution in [0.25, 0.3) is 0 Å². The molecular formula is C22H28N2O4. The fourth-order valence-corrected chi connectivity index (χ4v) is 2.81. The highest BCUT2D eigenvalue weighted by Crippen LogP contribution is 2.32. The molecular weight excluding hydrogens is 356 g/mol. The van der Waals surface area contributed by atoms with Crippen LogP contribution in [0.4, 0.5) is 11.4 Å². The van der Waals surface area contributed by atoms with E-state index in [4.69, 9.17) is 15.6 Å². The highest BCUT2D eigenvalue weighted by molar-refractivity contribution is 6.01. The van der Waals surface area contributed by atoms with Gasteiger partial charge in [-0.15, -0.1) is 0 Å². The van der Waals surface area contributed by atoms with Gasteiger partial charge in [0.1, 0.15) is 12.4 Å². The first kappa shape index (κ1) is 21.5. The molecule has 2 rings (SSSR count). The Morgan fingerprint density at radius 3 is 2.68 bits per heavy atom. The molecule has 0 saturated carbocycles. The molecule has 0 aliphatic rings. The zero-order valence-electron chi connectivity index (χ0n) is 16.0. The minimum atomic E-state index is -0.693. The third-order valence-electron chi connectivity index (χ3n) is 4.40. The highest BCUT2D eigenvalue weighted by atomic mass is 16.5. The van der Waals surface area contributed by atoms with Gasteiger partial charge in [-0.3, -0.25) is 4.79 Å². The number of nitrogens with two attached hydrogens (primary N) is 1.